The van der Waals surface area contributed by atoms with Crippen LogP contribution in [0.5, 0.6) is 0 Å². The third-order valence-corrected chi connectivity index (χ3v) is 3.33. The number of fused-ring (bicyclic) bond motifs is 3. The van der Waals surface area contributed by atoms with Gasteiger partial charge in [-0.25, -0.2) is 9.97 Å². The van der Waals surface area contributed by atoms with E-state index in [1.165, 1.54) is 10.8 Å². The Morgan fingerprint density at radius 2 is 1.53 bits per heavy atom. The number of H-pyrrole nitrogens is 1. The van der Waals surface area contributed by atoms with Gasteiger partial charge >= 0.3 is 0 Å². The third-order valence-electron chi connectivity index (χ3n) is 3.33. The Morgan fingerprint density at radius 1 is 0.789 bits per heavy atom. The molecule has 2 heterocycles. The van der Waals surface area contributed by atoms with E-state index >= 15 is 0 Å². The Labute approximate surface area is 110 Å². The summed E-state index contributed by atoms with van der Waals surface area (Å²) in [5, 5.41) is 3.50. The topological polar surface area (TPSA) is 41.6 Å². The van der Waals surface area contributed by atoms with Gasteiger partial charge in [-0.05, 0) is 11.5 Å². The second kappa shape index (κ2) is 3.92. The van der Waals surface area contributed by atoms with E-state index in [2.05, 4.69) is 34.2 Å². The van der Waals surface area contributed by atoms with Gasteiger partial charge in [-0.3, -0.25) is 0 Å². The summed E-state index contributed by atoms with van der Waals surface area (Å²) in [5.74, 6) is 0.807. The molecule has 4 rings (SSSR count). The van der Waals surface area contributed by atoms with Gasteiger partial charge < -0.3 is 4.98 Å². The summed E-state index contributed by atoms with van der Waals surface area (Å²) in [6.45, 7) is 0. The highest BCUT2D eigenvalue weighted by Gasteiger charge is 2.10. The molecular formula is C16H11N3. The predicted octanol–water partition coefficient (Wildman–Crippen LogP) is 3.78. The van der Waals surface area contributed by atoms with Crippen LogP contribution in [0.2, 0.25) is 0 Å². The summed E-state index contributed by atoms with van der Waals surface area (Å²) in [7, 11) is 0. The molecule has 19 heavy (non-hydrogen) atoms. The largest absolute Gasteiger partial charge is 0.343 e. The van der Waals surface area contributed by atoms with Crippen molar-refractivity contribution < 1.29 is 0 Å². The van der Waals surface area contributed by atoms with E-state index in [0.29, 0.717) is 0 Å². The number of nitrogens with one attached hydrogen (secondary N) is 1. The van der Waals surface area contributed by atoms with E-state index in [1.807, 2.05) is 30.5 Å². The molecule has 0 bridgehead atoms. The molecule has 2 aromatic carbocycles. The fourth-order valence-corrected chi connectivity index (χ4v) is 2.48. The highest BCUT2D eigenvalue weighted by Crippen LogP contribution is 2.30. The number of para-hydroxylation sites is 1. The summed E-state index contributed by atoms with van der Waals surface area (Å²) in [4.78, 5) is 12.2. The molecule has 3 heteroatoms. The molecule has 0 aliphatic heterocycles. The summed E-state index contributed by atoms with van der Waals surface area (Å²) >= 11 is 0. The van der Waals surface area contributed by atoms with E-state index in [0.717, 1.165) is 22.4 Å². The number of nitrogens with zero attached hydrogens (tertiary/aromatic N) is 2. The van der Waals surface area contributed by atoms with Gasteiger partial charge in [0.25, 0.3) is 0 Å². The summed E-state index contributed by atoms with van der Waals surface area (Å²) in [6.07, 6.45) is 3.57. The third kappa shape index (κ3) is 1.52. The summed E-state index contributed by atoms with van der Waals surface area (Å²) < 4.78 is 0. The number of benzene rings is 2. The average Bonchev–Trinajstić information content (AvgIpc) is 3.00. The molecule has 1 N–H and O–H groups in total. The first-order chi connectivity index (χ1) is 9.43. The molecule has 4 aromatic rings. The fourth-order valence-electron chi connectivity index (χ4n) is 2.48. The minimum absolute atomic E-state index is 0.807. The highest BCUT2D eigenvalue weighted by atomic mass is 14.9. The van der Waals surface area contributed by atoms with E-state index < -0.39 is 0 Å². The van der Waals surface area contributed by atoms with Crippen LogP contribution in [0, 0.1) is 0 Å². The van der Waals surface area contributed by atoms with E-state index in [4.69, 9.17) is 4.98 Å². The van der Waals surface area contributed by atoms with Gasteiger partial charge in [-0.15, -0.1) is 0 Å². The molecule has 0 fully saturated rings. The molecule has 2 aromatic heterocycles. The minimum atomic E-state index is 0.807. The van der Waals surface area contributed by atoms with Crippen LogP contribution in [0.1, 0.15) is 0 Å². The number of hydrogen-bond acceptors (Lipinski definition) is 2. The van der Waals surface area contributed by atoms with Gasteiger partial charge in [-0.1, -0.05) is 42.5 Å². The van der Waals surface area contributed by atoms with Crippen molar-refractivity contribution in [2.24, 2.45) is 0 Å². The van der Waals surface area contributed by atoms with Crippen LogP contribution in [0.4, 0.5) is 0 Å². The molecule has 0 saturated carbocycles. The maximum atomic E-state index is 4.75. The van der Waals surface area contributed by atoms with Crippen molar-refractivity contribution in [1.29, 1.82) is 0 Å². The smallest absolute Gasteiger partial charge is 0.156 e. The van der Waals surface area contributed by atoms with Crippen LogP contribution in [0.15, 0.2) is 60.9 Å². The standard InChI is InChI=1S/C16H11N3/c1-2-7-13-11(5-1)12-6-3-4-8-14(12)19-15(13)16-17-9-10-18-16/h1-10H,(H,17,18). The first kappa shape index (κ1) is 10.3. The van der Waals surface area contributed by atoms with Crippen LogP contribution in [0.3, 0.4) is 0 Å². The fraction of sp³-hybridized carbons (Fsp3) is 0. The maximum Gasteiger partial charge on any atom is 0.156 e. The molecule has 0 aliphatic carbocycles. The van der Waals surface area contributed by atoms with Crippen LogP contribution in [-0.2, 0) is 0 Å². The molecule has 0 unspecified atom stereocenters. The zero-order valence-corrected chi connectivity index (χ0v) is 10.2. The molecule has 0 saturated heterocycles. The lowest BCUT2D eigenvalue weighted by molar-refractivity contribution is 1.27. The molecule has 0 amide bonds. The number of rotatable bonds is 1. The zero-order chi connectivity index (χ0) is 12.7. The second-order valence-electron chi connectivity index (χ2n) is 4.46. The first-order valence-corrected chi connectivity index (χ1v) is 6.21. The monoisotopic (exact) mass is 245 g/mol. The summed E-state index contributed by atoms with van der Waals surface area (Å²) in [5.41, 5.74) is 1.90. The van der Waals surface area contributed by atoms with Gasteiger partial charge in [0.2, 0.25) is 0 Å². The lowest BCUT2D eigenvalue weighted by Crippen LogP contribution is -1.90. The van der Waals surface area contributed by atoms with Crippen molar-refractivity contribution in [3.63, 3.8) is 0 Å². The van der Waals surface area contributed by atoms with Crippen LogP contribution in [-0.4, -0.2) is 15.0 Å². The Balaban J connectivity index is 2.22. The van der Waals surface area contributed by atoms with Crippen LogP contribution >= 0.6 is 0 Å². The van der Waals surface area contributed by atoms with Crippen molar-refractivity contribution in [2.75, 3.05) is 0 Å². The lowest BCUT2D eigenvalue weighted by atomic mass is 10.0. The zero-order valence-electron chi connectivity index (χ0n) is 10.2. The highest BCUT2D eigenvalue weighted by molar-refractivity contribution is 6.10. The van der Waals surface area contributed by atoms with E-state index in [-0.39, 0.29) is 0 Å². The predicted molar refractivity (Wildman–Crippen MR) is 76.8 cm³/mol. The van der Waals surface area contributed by atoms with E-state index in [1.54, 1.807) is 6.20 Å². The Bertz CT molecular complexity index is 864. The van der Waals surface area contributed by atoms with Crippen molar-refractivity contribution in [2.45, 2.75) is 0 Å². The number of aromatic amines is 1. The molecule has 90 valence electrons. The number of imidazole rings is 1. The van der Waals surface area contributed by atoms with Crippen molar-refractivity contribution in [1.82, 2.24) is 15.0 Å². The van der Waals surface area contributed by atoms with Crippen molar-refractivity contribution in [3.8, 4) is 11.5 Å². The van der Waals surface area contributed by atoms with Crippen LogP contribution < -0.4 is 0 Å². The quantitative estimate of drug-likeness (QED) is 0.518. The Kier molecular flexibility index (Phi) is 2.12. The van der Waals surface area contributed by atoms with Crippen LogP contribution in [0.25, 0.3) is 33.2 Å². The number of hydrogen-bond donors (Lipinski definition) is 1. The summed E-state index contributed by atoms with van der Waals surface area (Å²) in [6, 6.07) is 16.5. The molecule has 0 aliphatic rings. The Morgan fingerprint density at radius 3 is 2.32 bits per heavy atom. The Hall–Kier alpha value is -2.68. The second-order valence-corrected chi connectivity index (χ2v) is 4.46. The normalized spacial score (nSPS) is 11.2. The molecule has 0 radical (unpaired) electrons. The lowest BCUT2D eigenvalue weighted by Gasteiger charge is -2.07. The molecule has 0 spiro atoms. The minimum Gasteiger partial charge on any atom is -0.343 e. The molecule has 0 atom stereocenters. The molecule has 3 nitrogen and oxygen atoms in total. The maximum absolute atomic E-state index is 4.75. The van der Waals surface area contributed by atoms with Gasteiger partial charge in [0.15, 0.2) is 5.82 Å². The van der Waals surface area contributed by atoms with Crippen molar-refractivity contribution in [3.05, 3.63) is 60.9 Å². The SMILES string of the molecule is c1ccc2c(c1)nc(-c1ncc[nH]1)c1ccccc12. The van der Waals surface area contributed by atoms with Gasteiger partial charge in [-0.2, -0.15) is 0 Å². The van der Waals surface area contributed by atoms with E-state index in [9.17, 15) is 0 Å². The van der Waals surface area contributed by atoms with Gasteiger partial charge in [0.1, 0.15) is 5.69 Å². The number of pyridine rings is 1. The van der Waals surface area contributed by atoms with Gasteiger partial charge in [0.05, 0.1) is 5.52 Å². The van der Waals surface area contributed by atoms with Gasteiger partial charge in [0, 0.05) is 23.2 Å². The van der Waals surface area contributed by atoms with Crippen molar-refractivity contribution >= 4 is 21.7 Å². The molecular weight excluding hydrogens is 234 g/mol. The first-order valence-electron chi connectivity index (χ1n) is 6.21. The average molecular weight is 245 g/mol. The number of aromatic nitrogens is 3.